The second-order valence-electron chi connectivity index (χ2n) is 8.33. The topological polar surface area (TPSA) is 106 Å². The molecule has 0 aliphatic carbocycles. The van der Waals surface area contributed by atoms with E-state index in [2.05, 4.69) is 0 Å². The van der Waals surface area contributed by atoms with E-state index in [4.69, 9.17) is 25.8 Å². The number of hydrogen-bond acceptors (Lipinski definition) is 7. The van der Waals surface area contributed by atoms with Gasteiger partial charge in [-0.1, -0.05) is 23.7 Å². The molecule has 1 atom stereocenters. The van der Waals surface area contributed by atoms with Gasteiger partial charge in [0, 0.05) is 16.3 Å². The van der Waals surface area contributed by atoms with Gasteiger partial charge in [-0.05, 0) is 67.4 Å². The van der Waals surface area contributed by atoms with Gasteiger partial charge in [-0.15, -0.1) is 0 Å². The summed E-state index contributed by atoms with van der Waals surface area (Å²) in [5.74, 6) is -1.23. The summed E-state index contributed by atoms with van der Waals surface area (Å²) in [6, 6.07) is 13.2. The van der Waals surface area contributed by atoms with Gasteiger partial charge in [0.1, 0.15) is 5.76 Å². The molecular formula is C28H26ClNO7. The van der Waals surface area contributed by atoms with Gasteiger partial charge in [-0.25, -0.2) is 0 Å². The summed E-state index contributed by atoms with van der Waals surface area (Å²) in [5.41, 5.74) is 1.68. The molecule has 2 N–H and O–H groups in total. The monoisotopic (exact) mass is 523 g/mol. The molecule has 37 heavy (non-hydrogen) atoms. The van der Waals surface area contributed by atoms with Gasteiger partial charge in [0.05, 0.1) is 32.4 Å². The molecule has 1 aliphatic heterocycles. The fourth-order valence-corrected chi connectivity index (χ4v) is 4.52. The van der Waals surface area contributed by atoms with Crippen molar-refractivity contribution in [3.8, 4) is 23.0 Å². The van der Waals surface area contributed by atoms with Gasteiger partial charge in [0.15, 0.2) is 23.0 Å². The summed E-state index contributed by atoms with van der Waals surface area (Å²) in [6.45, 7) is 3.85. The minimum atomic E-state index is -1.04. The Morgan fingerprint density at radius 2 is 1.70 bits per heavy atom. The van der Waals surface area contributed by atoms with Crippen molar-refractivity contribution in [2.45, 2.75) is 19.9 Å². The van der Waals surface area contributed by atoms with Crippen molar-refractivity contribution in [3.63, 3.8) is 0 Å². The zero-order chi connectivity index (χ0) is 26.9. The van der Waals surface area contributed by atoms with Gasteiger partial charge in [0.2, 0.25) is 0 Å². The number of aliphatic hydroxyl groups is 1. The number of nitrogens with zero attached hydrogens (tertiary/aromatic N) is 1. The zero-order valence-electron chi connectivity index (χ0n) is 20.7. The largest absolute Gasteiger partial charge is 0.507 e. The van der Waals surface area contributed by atoms with E-state index < -0.39 is 23.5 Å². The first-order chi connectivity index (χ1) is 17.7. The van der Waals surface area contributed by atoms with E-state index in [1.165, 1.54) is 31.3 Å². The Morgan fingerprint density at radius 3 is 2.38 bits per heavy atom. The van der Waals surface area contributed by atoms with Crippen LogP contribution in [0.4, 0.5) is 5.69 Å². The highest BCUT2D eigenvalue weighted by atomic mass is 35.5. The third-order valence-electron chi connectivity index (χ3n) is 6.13. The van der Waals surface area contributed by atoms with Gasteiger partial charge in [0.25, 0.3) is 11.7 Å². The molecule has 1 heterocycles. The molecule has 1 saturated heterocycles. The van der Waals surface area contributed by atoms with Crippen LogP contribution in [0.25, 0.3) is 5.76 Å². The van der Waals surface area contributed by atoms with Gasteiger partial charge < -0.3 is 24.4 Å². The maximum Gasteiger partial charge on any atom is 0.300 e. The number of halogens is 1. The lowest BCUT2D eigenvalue weighted by Gasteiger charge is -2.27. The number of aliphatic hydroxyl groups excluding tert-OH is 1. The van der Waals surface area contributed by atoms with E-state index in [0.717, 1.165) is 0 Å². The zero-order valence-corrected chi connectivity index (χ0v) is 21.5. The summed E-state index contributed by atoms with van der Waals surface area (Å²) in [5, 5.41) is 22.1. The van der Waals surface area contributed by atoms with Gasteiger partial charge >= 0.3 is 0 Å². The fraction of sp³-hybridized carbons (Fsp3) is 0.214. The maximum atomic E-state index is 13.5. The average molecular weight is 524 g/mol. The van der Waals surface area contributed by atoms with Crippen LogP contribution in [-0.4, -0.2) is 42.7 Å². The molecule has 3 aromatic carbocycles. The van der Waals surface area contributed by atoms with Gasteiger partial charge in [-0.2, -0.15) is 0 Å². The van der Waals surface area contributed by atoms with Crippen molar-refractivity contribution in [1.82, 2.24) is 0 Å². The average Bonchev–Trinajstić information content (AvgIpc) is 3.16. The number of phenolic OH excluding ortho intramolecular Hbond substituents is 1. The number of Topliss-reactive ketones (excluding diaryl/α,β-unsaturated/α-hetero) is 1. The summed E-state index contributed by atoms with van der Waals surface area (Å²) in [6.07, 6.45) is 0. The van der Waals surface area contributed by atoms with Crippen molar-refractivity contribution in [2.75, 3.05) is 25.7 Å². The molecular weight excluding hydrogens is 498 g/mol. The number of carbonyl (C=O) groups excluding carboxylic acids is 2. The van der Waals surface area contributed by atoms with E-state index in [1.54, 1.807) is 56.3 Å². The number of rotatable bonds is 7. The Kier molecular flexibility index (Phi) is 7.31. The standard InChI is InChI=1S/C28H26ClNO7/c1-5-37-22-12-16(7-10-20(22)31)25-24(26(32)17-8-11-21(35-3)23(13-17)36-4)27(33)28(34)30(25)19-14-18(29)9-6-15(19)2/h6-14,25,31-32H,5H2,1-4H3/b26-24+. The quantitative estimate of drug-likeness (QED) is 0.243. The van der Waals surface area contributed by atoms with Crippen molar-refractivity contribution in [1.29, 1.82) is 0 Å². The number of ketones is 1. The SMILES string of the molecule is CCOc1cc(C2/C(=C(\O)c3ccc(OC)c(OC)c3)C(=O)C(=O)N2c2cc(Cl)ccc2C)ccc1O. The van der Waals surface area contributed by atoms with Crippen LogP contribution < -0.4 is 19.1 Å². The van der Waals surface area contributed by atoms with Crippen LogP contribution in [0.15, 0.2) is 60.2 Å². The Morgan fingerprint density at radius 1 is 0.973 bits per heavy atom. The molecule has 1 amide bonds. The number of methoxy groups -OCH3 is 2. The Bertz CT molecular complexity index is 1420. The van der Waals surface area contributed by atoms with Crippen LogP contribution in [0.1, 0.15) is 29.7 Å². The van der Waals surface area contributed by atoms with Crippen LogP contribution in [0.3, 0.4) is 0 Å². The molecule has 9 heteroatoms. The van der Waals surface area contributed by atoms with E-state index >= 15 is 0 Å². The highest BCUT2D eigenvalue weighted by molar-refractivity contribution is 6.52. The number of anilines is 1. The molecule has 4 rings (SSSR count). The first-order valence-corrected chi connectivity index (χ1v) is 11.8. The number of ether oxygens (including phenoxy) is 3. The molecule has 3 aromatic rings. The van der Waals surface area contributed by atoms with E-state index in [0.29, 0.717) is 33.3 Å². The third-order valence-corrected chi connectivity index (χ3v) is 6.37. The number of hydrogen-bond donors (Lipinski definition) is 2. The summed E-state index contributed by atoms with van der Waals surface area (Å²) in [7, 11) is 2.94. The normalized spacial score (nSPS) is 16.7. The second kappa shape index (κ2) is 10.4. The second-order valence-corrected chi connectivity index (χ2v) is 8.77. The van der Waals surface area contributed by atoms with Crippen molar-refractivity contribution in [2.24, 2.45) is 0 Å². The number of benzene rings is 3. The fourth-order valence-electron chi connectivity index (χ4n) is 4.35. The molecule has 0 aromatic heterocycles. The highest BCUT2D eigenvalue weighted by Crippen LogP contribution is 2.45. The van der Waals surface area contributed by atoms with Crippen LogP contribution in [0, 0.1) is 6.92 Å². The molecule has 1 aliphatic rings. The van der Waals surface area contributed by atoms with Crippen LogP contribution >= 0.6 is 11.6 Å². The summed E-state index contributed by atoms with van der Waals surface area (Å²) < 4.78 is 16.2. The number of aryl methyl sites for hydroxylation is 1. The molecule has 0 bridgehead atoms. The minimum Gasteiger partial charge on any atom is -0.507 e. The molecule has 0 saturated carbocycles. The molecule has 192 valence electrons. The number of aromatic hydroxyl groups is 1. The van der Waals surface area contributed by atoms with Gasteiger partial charge in [-0.3, -0.25) is 14.5 Å². The number of phenols is 1. The third kappa shape index (κ3) is 4.68. The summed E-state index contributed by atoms with van der Waals surface area (Å²) in [4.78, 5) is 28.2. The predicted octanol–water partition coefficient (Wildman–Crippen LogP) is 5.40. The molecule has 1 unspecified atom stereocenters. The minimum absolute atomic E-state index is 0.0959. The summed E-state index contributed by atoms with van der Waals surface area (Å²) >= 11 is 6.25. The lowest BCUT2D eigenvalue weighted by molar-refractivity contribution is -0.132. The Labute approximate surface area is 219 Å². The highest BCUT2D eigenvalue weighted by Gasteiger charge is 2.47. The molecule has 1 fully saturated rings. The van der Waals surface area contributed by atoms with Crippen molar-refractivity contribution in [3.05, 3.63) is 81.9 Å². The lowest BCUT2D eigenvalue weighted by atomic mass is 9.94. The Balaban J connectivity index is 1.99. The van der Waals surface area contributed by atoms with E-state index in [1.807, 2.05) is 0 Å². The maximum absolute atomic E-state index is 13.5. The molecule has 0 spiro atoms. The number of amides is 1. The van der Waals surface area contributed by atoms with E-state index in [9.17, 15) is 19.8 Å². The van der Waals surface area contributed by atoms with E-state index in [-0.39, 0.29) is 29.2 Å². The van der Waals surface area contributed by atoms with Crippen molar-refractivity contribution < 1.29 is 34.0 Å². The van der Waals surface area contributed by atoms with Crippen LogP contribution in [0.5, 0.6) is 23.0 Å². The van der Waals surface area contributed by atoms with Crippen LogP contribution in [0.2, 0.25) is 5.02 Å². The van der Waals surface area contributed by atoms with Crippen molar-refractivity contribution >= 4 is 34.7 Å². The first-order valence-electron chi connectivity index (χ1n) is 11.5. The lowest BCUT2D eigenvalue weighted by Crippen LogP contribution is -2.30. The van der Waals surface area contributed by atoms with Crippen LogP contribution in [-0.2, 0) is 9.59 Å². The molecule has 8 nitrogen and oxygen atoms in total. The predicted molar refractivity (Wildman–Crippen MR) is 140 cm³/mol. The number of carbonyl (C=O) groups is 2. The Hall–Kier alpha value is -4.17. The first kappa shape index (κ1) is 25.9. The smallest absolute Gasteiger partial charge is 0.300 e. The molecule has 0 radical (unpaired) electrons.